The molecule has 0 spiro atoms. The van der Waals surface area contributed by atoms with Crippen LogP contribution in [0, 0.1) is 0 Å². The second-order valence-corrected chi connectivity index (χ2v) is 12.1. The highest BCUT2D eigenvalue weighted by atomic mass is 35.5. The highest BCUT2D eigenvalue weighted by Gasteiger charge is 2.26. The molecule has 3 rings (SSSR count). The quantitative estimate of drug-likeness (QED) is 0.0848. The molecule has 0 aliphatic rings. The van der Waals surface area contributed by atoms with Crippen LogP contribution < -0.4 is 5.32 Å². The second-order valence-electron chi connectivity index (χ2n) is 7.43. The molecule has 0 heterocycles. The van der Waals surface area contributed by atoms with Gasteiger partial charge in [-0.25, -0.2) is 4.99 Å². The Balaban J connectivity index is 2.45. The van der Waals surface area contributed by atoms with Crippen molar-refractivity contribution in [2.75, 3.05) is 0 Å². The number of fused-ring (bicyclic) bond motifs is 1. The van der Waals surface area contributed by atoms with E-state index in [9.17, 15) is 44.0 Å². The maximum absolute atomic E-state index is 12.1. The van der Waals surface area contributed by atoms with Gasteiger partial charge in [0.2, 0.25) is 0 Å². The zero-order valence-electron chi connectivity index (χ0n) is 18.9. The van der Waals surface area contributed by atoms with E-state index in [1.807, 2.05) is 0 Å². The van der Waals surface area contributed by atoms with Gasteiger partial charge in [0.05, 0.1) is 21.1 Å². The van der Waals surface area contributed by atoms with Crippen molar-refractivity contribution in [1.29, 1.82) is 0 Å². The lowest BCUT2D eigenvalue weighted by atomic mass is 10.1. The summed E-state index contributed by atoms with van der Waals surface area (Å²) < 4.78 is 99.9. The first-order valence-electron chi connectivity index (χ1n) is 9.83. The summed E-state index contributed by atoms with van der Waals surface area (Å²) in [5, 5.41) is 20.1. The van der Waals surface area contributed by atoms with Crippen LogP contribution >= 0.6 is 11.6 Å². The standard InChI is InChI=1S/C20H17ClN4O10S3/c1-10(21)22-11(2)23-15-9-13(36(27,28)29)7-12-8-17(38(33,34)35)19(20(26)18(12)15)25-24-14-5-3-4-6-16(14)37(30,31)32/h3-9,26H,1H2,2H3,(H,22,23)(H,27,28,29)(H,30,31,32)(H,33,34,35). The average molecular weight is 605 g/mol. The van der Waals surface area contributed by atoms with Gasteiger partial charge in [-0.2, -0.15) is 25.3 Å². The number of phenols is 1. The normalized spacial score (nSPS) is 13.2. The molecule has 0 aliphatic carbocycles. The van der Waals surface area contributed by atoms with Crippen LogP contribution in [0.3, 0.4) is 0 Å². The smallest absolute Gasteiger partial charge is 0.296 e. The topological polar surface area (TPSA) is 232 Å². The predicted octanol–water partition coefficient (Wildman–Crippen LogP) is 4.05. The lowest BCUT2D eigenvalue weighted by Crippen LogP contribution is -2.15. The molecule has 0 saturated heterocycles. The van der Waals surface area contributed by atoms with Crippen molar-refractivity contribution in [3.8, 4) is 5.75 Å². The fourth-order valence-corrected chi connectivity index (χ4v) is 5.19. The van der Waals surface area contributed by atoms with Gasteiger partial charge in [-0.3, -0.25) is 13.7 Å². The molecule has 14 nitrogen and oxygen atoms in total. The second kappa shape index (κ2) is 10.4. The van der Waals surface area contributed by atoms with E-state index in [0.717, 1.165) is 30.3 Å². The van der Waals surface area contributed by atoms with E-state index in [0.29, 0.717) is 0 Å². The van der Waals surface area contributed by atoms with Gasteiger partial charge < -0.3 is 10.4 Å². The maximum Gasteiger partial charge on any atom is 0.296 e. The molecule has 0 aromatic heterocycles. The third-order valence-corrected chi connectivity index (χ3v) is 7.38. The van der Waals surface area contributed by atoms with E-state index in [2.05, 4.69) is 27.1 Å². The summed E-state index contributed by atoms with van der Waals surface area (Å²) >= 11 is 5.68. The lowest BCUT2D eigenvalue weighted by Gasteiger charge is -2.13. The number of azo groups is 1. The largest absolute Gasteiger partial charge is 0.505 e. The zero-order chi connectivity index (χ0) is 28.6. The van der Waals surface area contributed by atoms with Crippen LogP contribution in [-0.2, 0) is 30.4 Å². The Morgan fingerprint density at radius 2 is 1.47 bits per heavy atom. The van der Waals surface area contributed by atoms with Gasteiger partial charge in [0, 0.05) is 0 Å². The van der Waals surface area contributed by atoms with Gasteiger partial charge in [0.1, 0.15) is 27.0 Å². The van der Waals surface area contributed by atoms with Gasteiger partial charge >= 0.3 is 0 Å². The molecule has 202 valence electrons. The molecule has 0 aliphatic heterocycles. The molecule has 0 atom stereocenters. The van der Waals surface area contributed by atoms with Crippen LogP contribution in [0.25, 0.3) is 10.8 Å². The molecule has 0 amide bonds. The molecular weight excluding hydrogens is 588 g/mol. The van der Waals surface area contributed by atoms with Crippen LogP contribution in [0.2, 0.25) is 0 Å². The fourth-order valence-electron chi connectivity index (χ4n) is 3.24. The number of amidine groups is 1. The first-order chi connectivity index (χ1) is 17.4. The highest BCUT2D eigenvalue weighted by Crippen LogP contribution is 2.46. The summed E-state index contributed by atoms with van der Waals surface area (Å²) in [5.41, 5.74) is -1.66. The van der Waals surface area contributed by atoms with E-state index < -0.39 is 62.2 Å². The van der Waals surface area contributed by atoms with Gasteiger partial charge in [0.25, 0.3) is 30.4 Å². The van der Waals surface area contributed by atoms with Gasteiger partial charge in [-0.1, -0.05) is 30.3 Å². The molecule has 5 N–H and O–H groups in total. The van der Waals surface area contributed by atoms with Crippen molar-refractivity contribution in [2.45, 2.75) is 21.6 Å². The monoisotopic (exact) mass is 604 g/mol. The van der Waals surface area contributed by atoms with Crippen LogP contribution in [-0.4, -0.2) is 49.9 Å². The van der Waals surface area contributed by atoms with Crippen LogP contribution in [0.1, 0.15) is 6.92 Å². The Bertz CT molecular complexity index is 1870. The van der Waals surface area contributed by atoms with Crippen molar-refractivity contribution in [3.05, 3.63) is 54.2 Å². The summed E-state index contributed by atoms with van der Waals surface area (Å²) in [5.74, 6) is -0.941. The van der Waals surface area contributed by atoms with Gasteiger partial charge in [0.15, 0.2) is 5.75 Å². The molecule has 3 aromatic rings. The number of halogens is 1. The minimum atomic E-state index is -5.16. The van der Waals surface area contributed by atoms with Crippen molar-refractivity contribution >= 4 is 75.6 Å². The number of phenolic OH excluding ortho intramolecular Hbond substituents is 1. The molecule has 38 heavy (non-hydrogen) atoms. The Kier molecular flexibility index (Phi) is 7.94. The minimum Gasteiger partial charge on any atom is -0.505 e. The number of benzene rings is 3. The fraction of sp³-hybridized carbons (Fsp3) is 0.0500. The highest BCUT2D eigenvalue weighted by molar-refractivity contribution is 7.86. The summed E-state index contributed by atoms with van der Waals surface area (Å²) in [7, 11) is -14.8. The van der Waals surface area contributed by atoms with Gasteiger partial charge in [-0.15, -0.1) is 10.2 Å². The van der Waals surface area contributed by atoms with Gasteiger partial charge in [-0.05, 0) is 42.6 Å². The van der Waals surface area contributed by atoms with Crippen LogP contribution in [0.15, 0.2) is 84.1 Å². The Morgan fingerprint density at radius 1 is 0.868 bits per heavy atom. The predicted molar refractivity (Wildman–Crippen MR) is 137 cm³/mol. The van der Waals surface area contributed by atoms with E-state index in [-0.39, 0.29) is 27.5 Å². The molecule has 18 heteroatoms. The summed E-state index contributed by atoms with van der Waals surface area (Å²) in [6.07, 6.45) is 0. The molecule has 3 aromatic carbocycles. The Hall–Kier alpha value is -3.45. The Labute approximate surface area is 221 Å². The lowest BCUT2D eigenvalue weighted by molar-refractivity contribution is 0.472. The zero-order valence-corrected chi connectivity index (χ0v) is 22.1. The minimum absolute atomic E-state index is 0.0299. The summed E-state index contributed by atoms with van der Waals surface area (Å²) in [6, 6.07) is 7.07. The SMILES string of the molecule is C=C(Cl)NC(C)=Nc1cc(S(=O)(=O)O)cc2cc(S(=O)(=O)O)c(N=Nc3ccccc3S(=O)(=O)O)c(O)c12. The van der Waals surface area contributed by atoms with E-state index in [1.165, 1.54) is 19.1 Å². The summed E-state index contributed by atoms with van der Waals surface area (Å²) in [6.45, 7) is 4.79. The third kappa shape index (κ3) is 6.51. The van der Waals surface area contributed by atoms with Crippen molar-refractivity contribution in [3.63, 3.8) is 0 Å². The van der Waals surface area contributed by atoms with Crippen molar-refractivity contribution in [2.24, 2.45) is 15.2 Å². The average Bonchev–Trinajstić information content (AvgIpc) is 2.75. The number of aliphatic imine (C=N–C) groups is 1. The number of aromatic hydroxyl groups is 1. The number of rotatable bonds is 7. The van der Waals surface area contributed by atoms with Crippen LogP contribution in [0.5, 0.6) is 5.75 Å². The number of hydrogen-bond donors (Lipinski definition) is 5. The maximum atomic E-state index is 12.1. The first-order valence-corrected chi connectivity index (χ1v) is 14.5. The van der Waals surface area contributed by atoms with E-state index in [1.54, 1.807) is 0 Å². The molecule has 0 bridgehead atoms. The third-order valence-electron chi connectivity index (χ3n) is 4.68. The Morgan fingerprint density at radius 3 is 2.03 bits per heavy atom. The van der Waals surface area contributed by atoms with E-state index in [4.69, 9.17) is 11.6 Å². The summed E-state index contributed by atoms with van der Waals surface area (Å²) in [4.78, 5) is 1.61. The number of hydrogen-bond acceptors (Lipinski definition) is 10. The van der Waals surface area contributed by atoms with Crippen LogP contribution in [0.4, 0.5) is 17.1 Å². The molecule has 0 fully saturated rings. The molecule has 0 unspecified atom stereocenters. The first kappa shape index (κ1) is 29.1. The number of nitrogens with zero attached hydrogens (tertiary/aromatic N) is 3. The van der Waals surface area contributed by atoms with Crippen molar-refractivity contribution in [1.82, 2.24) is 5.32 Å². The number of nitrogens with one attached hydrogen (secondary N) is 1. The molecular formula is C20H17ClN4O10S3. The molecule has 0 radical (unpaired) electrons. The van der Waals surface area contributed by atoms with Crippen molar-refractivity contribution < 1.29 is 44.0 Å². The molecule has 0 saturated carbocycles. The van der Waals surface area contributed by atoms with E-state index >= 15 is 0 Å².